The van der Waals surface area contributed by atoms with Crippen molar-refractivity contribution in [2.45, 2.75) is 26.2 Å². The predicted molar refractivity (Wildman–Crippen MR) is 236 cm³/mol. The van der Waals surface area contributed by atoms with Crippen molar-refractivity contribution in [1.82, 2.24) is 4.57 Å². The summed E-state index contributed by atoms with van der Waals surface area (Å²) in [5.74, 6) is 0. The summed E-state index contributed by atoms with van der Waals surface area (Å²) < 4.78 is 2.40. The number of hydrogen-bond donors (Lipinski definition) is 0. The second kappa shape index (κ2) is 11.8. The average Bonchev–Trinajstić information content (AvgIpc) is 3.56. The minimum Gasteiger partial charge on any atom is -0.309 e. The minimum atomic E-state index is 0.0589. The molecule has 1 aliphatic rings. The van der Waals surface area contributed by atoms with E-state index in [1.807, 2.05) is 12.2 Å². The van der Waals surface area contributed by atoms with Gasteiger partial charge in [0, 0.05) is 22.0 Å². The summed E-state index contributed by atoms with van der Waals surface area (Å²) in [6.07, 6.45) is 6.02. The van der Waals surface area contributed by atoms with Gasteiger partial charge in [0.2, 0.25) is 0 Å². The molecule has 0 radical (unpaired) electrons. The van der Waals surface area contributed by atoms with Crippen molar-refractivity contribution in [3.05, 3.63) is 192 Å². The van der Waals surface area contributed by atoms with Crippen LogP contribution < -0.4 is 0 Å². The highest BCUT2D eigenvalue weighted by molar-refractivity contribution is 6.29. The van der Waals surface area contributed by atoms with E-state index in [4.69, 9.17) is 0 Å². The molecule has 1 heterocycles. The Bertz CT molecular complexity index is 3320. The van der Waals surface area contributed by atoms with E-state index in [2.05, 4.69) is 195 Å². The van der Waals surface area contributed by atoms with E-state index >= 15 is 0 Å². The van der Waals surface area contributed by atoms with Crippen molar-refractivity contribution in [1.29, 1.82) is 0 Å². The normalized spacial score (nSPS) is 13.0. The van der Waals surface area contributed by atoms with Gasteiger partial charge in [-0.15, -0.1) is 0 Å². The van der Waals surface area contributed by atoms with Gasteiger partial charge in [-0.25, -0.2) is 0 Å². The van der Waals surface area contributed by atoms with E-state index in [0.717, 1.165) is 16.8 Å². The molecule has 0 bridgehead atoms. The lowest BCUT2D eigenvalue weighted by Gasteiger charge is -2.23. The molecule has 0 aliphatic heterocycles. The third-order valence-corrected chi connectivity index (χ3v) is 11.7. The van der Waals surface area contributed by atoms with Crippen LogP contribution in [-0.4, -0.2) is 4.57 Å². The molecule has 1 aromatic heterocycles. The van der Waals surface area contributed by atoms with Crippen LogP contribution in [0.2, 0.25) is 0 Å². The molecule has 11 rings (SSSR count). The van der Waals surface area contributed by atoms with Gasteiger partial charge < -0.3 is 4.57 Å². The number of nitrogens with zero attached hydrogens (tertiary/aromatic N) is 1. The van der Waals surface area contributed by atoms with Crippen LogP contribution in [0.5, 0.6) is 0 Å². The molecule has 0 spiro atoms. The third-order valence-electron chi connectivity index (χ3n) is 11.7. The highest BCUT2D eigenvalue weighted by Crippen LogP contribution is 2.46. The first-order chi connectivity index (χ1) is 26.9. The summed E-state index contributed by atoms with van der Waals surface area (Å²) in [5.41, 5.74) is 18.5. The highest BCUT2D eigenvalue weighted by atomic mass is 15.0. The second-order valence-electron chi connectivity index (χ2n) is 16.0. The third kappa shape index (κ3) is 4.89. The van der Waals surface area contributed by atoms with Gasteiger partial charge in [0.25, 0.3) is 0 Å². The van der Waals surface area contributed by atoms with Crippen LogP contribution in [0, 0.1) is 0 Å². The van der Waals surface area contributed by atoms with Gasteiger partial charge in [-0.3, -0.25) is 0 Å². The van der Waals surface area contributed by atoms with E-state index in [9.17, 15) is 0 Å². The van der Waals surface area contributed by atoms with Gasteiger partial charge in [-0.05, 0) is 130 Å². The monoisotopic (exact) mass is 699 g/mol. The van der Waals surface area contributed by atoms with Gasteiger partial charge >= 0.3 is 0 Å². The highest BCUT2D eigenvalue weighted by Gasteiger charge is 2.21. The first-order valence-corrected chi connectivity index (χ1v) is 19.2. The Morgan fingerprint density at radius 2 is 1.16 bits per heavy atom. The Labute approximate surface area is 320 Å². The standard InChI is InChI=1S/C54H37N/c1-54(2,3)40-30-38-22-27-45-47(33-48(46-28-23-39(31-40)52(38)53(45)46)43-18-11-15-35-14-7-8-16-42(35)43)36-20-25-41(26-21-36)55-50-19-10-9-17-44(50)49-32-37(24-29-51(49)55)34-12-5-4-6-13-34/h4-5,7-12,14-33H,1-3H3. The van der Waals surface area contributed by atoms with Crippen LogP contribution in [0.3, 0.4) is 0 Å². The molecular formula is C54H37N. The molecule has 0 N–H and O–H groups in total. The van der Waals surface area contributed by atoms with Crippen molar-refractivity contribution >= 4 is 70.5 Å². The fraction of sp³-hybridized carbons (Fsp3) is 0.0741. The van der Waals surface area contributed by atoms with E-state index in [1.165, 1.54) is 92.7 Å². The van der Waals surface area contributed by atoms with Gasteiger partial charge in [-0.1, -0.05) is 154 Å². The maximum Gasteiger partial charge on any atom is 0.0541 e. The smallest absolute Gasteiger partial charge is 0.0541 e. The molecule has 0 unspecified atom stereocenters. The van der Waals surface area contributed by atoms with Gasteiger partial charge in [-0.2, -0.15) is 0 Å². The van der Waals surface area contributed by atoms with Crippen molar-refractivity contribution in [2.24, 2.45) is 0 Å². The number of hydrogen-bond acceptors (Lipinski definition) is 0. The van der Waals surface area contributed by atoms with Gasteiger partial charge in [0.15, 0.2) is 0 Å². The number of benzene rings is 9. The summed E-state index contributed by atoms with van der Waals surface area (Å²) in [6, 6.07) is 56.8. The zero-order valence-electron chi connectivity index (χ0n) is 31.1. The Balaban J connectivity index is 1.14. The van der Waals surface area contributed by atoms with Crippen LogP contribution in [-0.2, 0) is 5.41 Å². The number of rotatable bonds is 4. The zero-order chi connectivity index (χ0) is 36.8. The molecule has 0 amide bonds. The lowest BCUT2D eigenvalue weighted by atomic mass is 9.81. The Morgan fingerprint density at radius 1 is 0.473 bits per heavy atom. The largest absolute Gasteiger partial charge is 0.309 e. The average molecular weight is 700 g/mol. The Hall–Kier alpha value is -6.88. The zero-order valence-corrected chi connectivity index (χ0v) is 31.1. The van der Waals surface area contributed by atoms with Crippen molar-refractivity contribution < 1.29 is 0 Å². The second-order valence-corrected chi connectivity index (χ2v) is 16.0. The lowest BCUT2D eigenvalue weighted by Crippen LogP contribution is -2.10. The summed E-state index contributed by atoms with van der Waals surface area (Å²) in [6.45, 7) is 6.91. The van der Waals surface area contributed by atoms with Crippen LogP contribution >= 0.6 is 0 Å². The number of aromatic nitrogens is 1. The van der Waals surface area contributed by atoms with Crippen LogP contribution in [0.4, 0.5) is 0 Å². The number of fused-ring (bicyclic) bond motifs is 4. The molecular weight excluding hydrogens is 663 g/mol. The topological polar surface area (TPSA) is 4.93 Å². The van der Waals surface area contributed by atoms with Gasteiger partial charge in [0.1, 0.15) is 0 Å². The molecule has 0 saturated heterocycles. The van der Waals surface area contributed by atoms with E-state index in [0.29, 0.717) is 0 Å². The maximum atomic E-state index is 3.29. The molecule has 0 fully saturated rings. The quantitative estimate of drug-likeness (QED) is 0.127. The molecule has 0 atom stereocenters. The first kappa shape index (κ1) is 31.6. The predicted octanol–water partition coefficient (Wildman–Crippen LogP) is 14.7. The van der Waals surface area contributed by atoms with Crippen molar-refractivity contribution in [3.63, 3.8) is 0 Å². The number of allylic oxidation sites excluding steroid dienone is 4. The van der Waals surface area contributed by atoms with Crippen LogP contribution in [0.25, 0.3) is 98.4 Å². The Morgan fingerprint density at radius 3 is 1.93 bits per heavy atom. The van der Waals surface area contributed by atoms with Crippen LogP contribution in [0.1, 0.15) is 31.9 Å². The summed E-state index contributed by atoms with van der Waals surface area (Å²) in [4.78, 5) is 0. The molecule has 258 valence electrons. The van der Waals surface area contributed by atoms with Gasteiger partial charge in [0.05, 0.1) is 11.0 Å². The first-order valence-electron chi connectivity index (χ1n) is 19.2. The van der Waals surface area contributed by atoms with Crippen molar-refractivity contribution in [3.8, 4) is 27.9 Å². The van der Waals surface area contributed by atoms with E-state index in [1.54, 1.807) is 0 Å². The molecule has 1 heteroatoms. The molecule has 0 saturated carbocycles. The van der Waals surface area contributed by atoms with Crippen molar-refractivity contribution in [2.75, 3.05) is 0 Å². The molecule has 55 heavy (non-hydrogen) atoms. The Kier molecular flexibility index (Phi) is 6.79. The summed E-state index contributed by atoms with van der Waals surface area (Å²) in [5, 5.41) is 12.9. The summed E-state index contributed by atoms with van der Waals surface area (Å²) >= 11 is 0. The van der Waals surface area contributed by atoms with Crippen LogP contribution in [0.15, 0.2) is 181 Å². The van der Waals surface area contributed by atoms with E-state index < -0.39 is 0 Å². The fourth-order valence-electron chi connectivity index (χ4n) is 9.00. The van der Waals surface area contributed by atoms with E-state index in [-0.39, 0.29) is 5.41 Å². The molecule has 9 aromatic carbocycles. The fourth-order valence-corrected chi connectivity index (χ4v) is 9.00. The molecule has 1 aliphatic carbocycles. The SMILES string of the molecule is CC(C)(C)c1cc2ccc3c(-c4ccc(-n5c6ccccc6c6cc(C7=C=C=CC=C7)ccc65)cc4)cc(-c4cccc5ccccc45)c4ccc(c1)c2c34. The summed E-state index contributed by atoms with van der Waals surface area (Å²) in [7, 11) is 0. The minimum absolute atomic E-state index is 0.0589. The molecule has 1 nitrogen and oxygen atoms in total. The lowest BCUT2D eigenvalue weighted by molar-refractivity contribution is 0.591. The number of para-hydroxylation sites is 1. The maximum absolute atomic E-state index is 3.29. The molecule has 10 aromatic rings.